The maximum absolute atomic E-state index is 12.6. The summed E-state index contributed by atoms with van der Waals surface area (Å²) in [5.74, 6) is 0.315. The number of benzene rings is 2. The lowest BCUT2D eigenvalue weighted by atomic mass is 10.1. The van der Waals surface area contributed by atoms with Gasteiger partial charge in [-0.05, 0) is 50.6 Å². The Morgan fingerprint density at radius 1 is 0.960 bits per heavy atom. The van der Waals surface area contributed by atoms with Crippen LogP contribution in [0.1, 0.15) is 33.6 Å². The summed E-state index contributed by atoms with van der Waals surface area (Å²) in [7, 11) is 0. The van der Waals surface area contributed by atoms with Crippen LogP contribution in [-0.2, 0) is 9.59 Å². The zero-order valence-electron chi connectivity index (χ0n) is 14.8. The molecule has 0 aliphatic rings. The molecule has 0 atom stereocenters. The monoisotopic (exact) mass is 340 g/mol. The molecule has 5 heteroatoms. The van der Waals surface area contributed by atoms with Crippen LogP contribution < -0.4 is 15.4 Å². The second kappa shape index (κ2) is 8.33. The maximum atomic E-state index is 12.6. The summed E-state index contributed by atoms with van der Waals surface area (Å²) in [6.07, 6.45) is 1.25. The average Bonchev–Trinajstić information content (AvgIpc) is 2.56. The summed E-state index contributed by atoms with van der Waals surface area (Å²) in [4.78, 5) is 24.2. The number of ether oxygens (including phenoxy) is 1. The Kier molecular flexibility index (Phi) is 6.17. The molecule has 0 fully saturated rings. The van der Waals surface area contributed by atoms with Gasteiger partial charge in [0.1, 0.15) is 5.75 Å². The van der Waals surface area contributed by atoms with Crippen LogP contribution in [-0.4, -0.2) is 17.4 Å². The summed E-state index contributed by atoms with van der Waals surface area (Å²) in [5, 5.41) is 5.65. The van der Waals surface area contributed by atoms with E-state index >= 15 is 0 Å². The van der Waals surface area contributed by atoms with Crippen molar-refractivity contribution in [2.75, 3.05) is 10.6 Å². The molecule has 2 aromatic rings. The van der Waals surface area contributed by atoms with Crippen molar-refractivity contribution in [3.63, 3.8) is 0 Å². The first-order chi connectivity index (χ1) is 11.9. The Morgan fingerprint density at radius 2 is 1.60 bits per heavy atom. The number of carbonyl (C=O) groups excluding carboxylic acids is 2. The minimum Gasteiger partial charge on any atom is -0.478 e. The van der Waals surface area contributed by atoms with Crippen LogP contribution in [0.2, 0.25) is 0 Å². The molecule has 0 spiro atoms. The zero-order chi connectivity index (χ0) is 18.3. The van der Waals surface area contributed by atoms with E-state index in [-0.39, 0.29) is 11.8 Å². The molecule has 0 aromatic heterocycles. The Balaban J connectivity index is 2.03. The van der Waals surface area contributed by atoms with Gasteiger partial charge in [0.05, 0.1) is 0 Å². The third-order valence-corrected chi connectivity index (χ3v) is 3.54. The van der Waals surface area contributed by atoms with Crippen molar-refractivity contribution in [3.8, 4) is 5.75 Å². The molecule has 2 aromatic carbocycles. The molecule has 0 saturated carbocycles. The predicted molar refractivity (Wildman–Crippen MR) is 99.8 cm³/mol. The quantitative estimate of drug-likeness (QED) is 0.793. The van der Waals surface area contributed by atoms with Crippen molar-refractivity contribution in [2.24, 2.45) is 0 Å². The van der Waals surface area contributed by atoms with Crippen molar-refractivity contribution in [3.05, 3.63) is 54.6 Å². The fourth-order valence-electron chi connectivity index (χ4n) is 2.24. The zero-order valence-corrected chi connectivity index (χ0v) is 14.8. The first-order valence-corrected chi connectivity index (χ1v) is 8.36. The van der Waals surface area contributed by atoms with Gasteiger partial charge in [0.25, 0.3) is 5.91 Å². The number of carbonyl (C=O) groups is 2. The predicted octanol–water partition coefficient (Wildman–Crippen LogP) is 4.22. The summed E-state index contributed by atoms with van der Waals surface area (Å²) in [6, 6.07) is 16.3. The number of nitrogens with one attached hydrogen (secondary N) is 2. The van der Waals surface area contributed by atoms with E-state index in [0.717, 1.165) is 6.42 Å². The Morgan fingerprint density at radius 3 is 2.24 bits per heavy atom. The molecular formula is C20H24N2O3. The lowest BCUT2D eigenvalue weighted by Gasteiger charge is -2.25. The van der Waals surface area contributed by atoms with E-state index in [1.807, 2.05) is 25.1 Å². The minimum atomic E-state index is -1.04. The first kappa shape index (κ1) is 18.5. The van der Waals surface area contributed by atoms with E-state index in [4.69, 9.17) is 4.74 Å². The van der Waals surface area contributed by atoms with Crippen LogP contribution in [0.5, 0.6) is 5.75 Å². The molecule has 0 bridgehead atoms. The molecule has 25 heavy (non-hydrogen) atoms. The molecule has 0 saturated heterocycles. The molecule has 2 N–H and O–H groups in total. The van der Waals surface area contributed by atoms with E-state index in [1.54, 1.807) is 50.2 Å². The van der Waals surface area contributed by atoms with Gasteiger partial charge in [-0.2, -0.15) is 0 Å². The number of hydrogen-bond acceptors (Lipinski definition) is 3. The second-order valence-corrected chi connectivity index (χ2v) is 6.26. The molecule has 0 unspecified atom stereocenters. The average molecular weight is 340 g/mol. The number of rotatable bonds is 7. The molecule has 132 valence electrons. The van der Waals surface area contributed by atoms with Gasteiger partial charge in [-0.15, -0.1) is 0 Å². The van der Waals surface area contributed by atoms with Gasteiger partial charge < -0.3 is 15.4 Å². The van der Waals surface area contributed by atoms with Crippen molar-refractivity contribution in [2.45, 2.75) is 39.2 Å². The van der Waals surface area contributed by atoms with Crippen LogP contribution in [0.3, 0.4) is 0 Å². The third-order valence-electron chi connectivity index (χ3n) is 3.54. The van der Waals surface area contributed by atoms with Crippen LogP contribution in [0.15, 0.2) is 54.6 Å². The number of anilines is 2. The van der Waals surface area contributed by atoms with Crippen LogP contribution in [0, 0.1) is 0 Å². The molecule has 5 nitrogen and oxygen atoms in total. The van der Waals surface area contributed by atoms with Crippen LogP contribution in [0.25, 0.3) is 0 Å². The van der Waals surface area contributed by atoms with E-state index in [2.05, 4.69) is 10.6 Å². The summed E-state index contributed by atoms with van der Waals surface area (Å²) in [5.41, 5.74) is 0.213. The Hall–Kier alpha value is -2.82. The second-order valence-electron chi connectivity index (χ2n) is 6.26. The van der Waals surface area contributed by atoms with Gasteiger partial charge in [0, 0.05) is 17.8 Å². The highest BCUT2D eigenvalue weighted by atomic mass is 16.5. The highest BCUT2D eigenvalue weighted by Gasteiger charge is 2.30. The SMILES string of the molecule is CCCC(=O)Nc1cccc(NC(=O)C(C)(C)Oc2ccccc2)c1. The van der Waals surface area contributed by atoms with Crippen molar-refractivity contribution in [1.82, 2.24) is 0 Å². The van der Waals surface area contributed by atoms with Crippen molar-refractivity contribution >= 4 is 23.2 Å². The maximum Gasteiger partial charge on any atom is 0.267 e. The normalized spacial score (nSPS) is 10.8. The van der Waals surface area contributed by atoms with Gasteiger partial charge in [-0.25, -0.2) is 0 Å². The van der Waals surface area contributed by atoms with Gasteiger partial charge in [-0.3, -0.25) is 9.59 Å². The van der Waals surface area contributed by atoms with E-state index in [0.29, 0.717) is 23.5 Å². The molecule has 0 heterocycles. The van der Waals surface area contributed by atoms with E-state index in [9.17, 15) is 9.59 Å². The number of para-hydroxylation sites is 1. The molecule has 0 radical (unpaired) electrons. The highest BCUT2D eigenvalue weighted by molar-refractivity contribution is 5.98. The van der Waals surface area contributed by atoms with Gasteiger partial charge >= 0.3 is 0 Å². The van der Waals surface area contributed by atoms with E-state index in [1.165, 1.54) is 0 Å². The number of hydrogen-bond donors (Lipinski definition) is 2. The Labute approximate surface area is 148 Å². The summed E-state index contributed by atoms with van der Waals surface area (Å²) in [6.45, 7) is 5.37. The topological polar surface area (TPSA) is 67.4 Å². The van der Waals surface area contributed by atoms with Crippen LogP contribution in [0.4, 0.5) is 11.4 Å². The highest BCUT2D eigenvalue weighted by Crippen LogP contribution is 2.21. The first-order valence-electron chi connectivity index (χ1n) is 8.36. The minimum absolute atomic E-state index is 0.0429. The van der Waals surface area contributed by atoms with E-state index < -0.39 is 5.60 Å². The van der Waals surface area contributed by atoms with Crippen molar-refractivity contribution in [1.29, 1.82) is 0 Å². The smallest absolute Gasteiger partial charge is 0.267 e. The molecule has 2 rings (SSSR count). The van der Waals surface area contributed by atoms with Gasteiger partial charge in [0.15, 0.2) is 5.60 Å². The fourth-order valence-corrected chi connectivity index (χ4v) is 2.24. The van der Waals surface area contributed by atoms with Crippen LogP contribution >= 0.6 is 0 Å². The lowest BCUT2D eigenvalue weighted by molar-refractivity contribution is -0.128. The lowest BCUT2D eigenvalue weighted by Crippen LogP contribution is -2.42. The molecule has 2 amide bonds. The number of amides is 2. The fraction of sp³-hybridized carbons (Fsp3) is 0.300. The molecular weight excluding hydrogens is 316 g/mol. The largest absolute Gasteiger partial charge is 0.478 e. The summed E-state index contributed by atoms with van der Waals surface area (Å²) >= 11 is 0. The van der Waals surface area contributed by atoms with Gasteiger partial charge in [-0.1, -0.05) is 31.2 Å². The third kappa shape index (κ3) is 5.64. The molecule has 0 aliphatic heterocycles. The van der Waals surface area contributed by atoms with Crippen molar-refractivity contribution < 1.29 is 14.3 Å². The molecule has 0 aliphatic carbocycles. The summed E-state index contributed by atoms with van der Waals surface area (Å²) < 4.78 is 5.78. The standard InChI is InChI=1S/C20H24N2O3/c1-4-9-18(23)21-15-10-8-11-16(14-15)22-19(24)20(2,3)25-17-12-6-5-7-13-17/h5-8,10-14H,4,9H2,1-3H3,(H,21,23)(H,22,24). The van der Waals surface area contributed by atoms with Gasteiger partial charge in [0.2, 0.25) is 5.91 Å². The Bertz CT molecular complexity index is 727.